The molecule has 0 aliphatic carbocycles. The minimum atomic E-state index is -0.842. The lowest BCUT2D eigenvalue weighted by Gasteiger charge is -2.11. The Kier molecular flexibility index (Phi) is 6.19. The van der Waals surface area contributed by atoms with Crippen molar-refractivity contribution in [2.45, 2.75) is 26.3 Å². The van der Waals surface area contributed by atoms with Crippen molar-refractivity contribution in [2.24, 2.45) is 0 Å². The molecule has 7 nitrogen and oxygen atoms in total. The van der Waals surface area contributed by atoms with E-state index < -0.39 is 24.5 Å². The van der Waals surface area contributed by atoms with Gasteiger partial charge in [-0.3, -0.25) is 10.1 Å². The smallest absolute Gasteiger partial charge is 0.342 e. The van der Waals surface area contributed by atoms with Gasteiger partial charge in [0.15, 0.2) is 6.61 Å². The normalized spacial score (nSPS) is 11.3. The van der Waals surface area contributed by atoms with E-state index in [4.69, 9.17) is 4.74 Å². The number of benzene rings is 1. The first-order chi connectivity index (χ1) is 9.93. The number of imide groups is 1. The van der Waals surface area contributed by atoms with E-state index in [1.54, 1.807) is 19.1 Å². The van der Waals surface area contributed by atoms with E-state index in [2.05, 4.69) is 5.32 Å². The van der Waals surface area contributed by atoms with Crippen LogP contribution < -0.4 is 10.6 Å². The van der Waals surface area contributed by atoms with Crippen molar-refractivity contribution in [3.8, 4) is 5.75 Å². The second kappa shape index (κ2) is 7.88. The maximum atomic E-state index is 11.6. The van der Waals surface area contributed by atoms with Gasteiger partial charge in [0.2, 0.25) is 0 Å². The first kappa shape index (κ1) is 16.5. The fourth-order valence-corrected chi connectivity index (χ4v) is 1.38. The maximum absolute atomic E-state index is 11.6. The molecule has 114 valence electrons. The fourth-order valence-electron chi connectivity index (χ4n) is 1.38. The van der Waals surface area contributed by atoms with Gasteiger partial charge >= 0.3 is 12.0 Å². The van der Waals surface area contributed by atoms with Crippen LogP contribution in [0, 0.1) is 0 Å². The Morgan fingerprint density at radius 3 is 2.57 bits per heavy atom. The summed E-state index contributed by atoms with van der Waals surface area (Å²) >= 11 is 0. The van der Waals surface area contributed by atoms with E-state index in [1.165, 1.54) is 12.1 Å². The summed E-state index contributed by atoms with van der Waals surface area (Å²) in [4.78, 5) is 34.4. The van der Waals surface area contributed by atoms with Gasteiger partial charge < -0.3 is 15.2 Å². The zero-order valence-electron chi connectivity index (χ0n) is 11.9. The molecule has 0 aliphatic rings. The van der Waals surface area contributed by atoms with Crippen molar-refractivity contribution < 1.29 is 24.2 Å². The molecule has 1 aromatic rings. The predicted molar refractivity (Wildman–Crippen MR) is 74.8 cm³/mol. The quantitative estimate of drug-likeness (QED) is 0.707. The molecular weight excluding hydrogens is 276 g/mol. The standard InChI is InChI=1S/C14H18N2O5/c1-3-9(2)15-14(20)16-12(18)8-21-13(19)10-6-4-5-7-11(10)17/h4-7,9,17H,3,8H2,1-2H3,(H2,15,16,18,20)/t9-/m1/s1. The molecule has 7 heteroatoms. The van der Waals surface area contributed by atoms with E-state index in [-0.39, 0.29) is 17.4 Å². The van der Waals surface area contributed by atoms with Gasteiger partial charge in [-0.1, -0.05) is 19.1 Å². The van der Waals surface area contributed by atoms with E-state index in [0.717, 1.165) is 6.42 Å². The number of rotatable bonds is 5. The van der Waals surface area contributed by atoms with Crippen LogP contribution in [0.25, 0.3) is 0 Å². The van der Waals surface area contributed by atoms with Crippen molar-refractivity contribution in [1.82, 2.24) is 10.6 Å². The van der Waals surface area contributed by atoms with Crippen LogP contribution in [-0.2, 0) is 9.53 Å². The molecule has 0 radical (unpaired) electrons. The van der Waals surface area contributed by atoms with Crippen molar-refractivity contribution >= 4 is 17.9 Å². The number of carbonyl (C=O) groups excluding carboxylic acids is 3. The molecule has 0 heterocycles. The van der Waals surface area contributed by atoms with Gasteiger partial charge in [0.05, 0.1) is 0 Å². The molecule has 0 aromatic heterocycles. The van der Waals surface area contributed by atoms with Gasteiger partial charge in [-0.15, -0.1) is 0 Å². The molecule has 0 bridgehead atoms. The molecule has 0 unspecified atom stereocenters. The lowest BCUT2D eigenvalue weighted by Crippen LogP contribution is -2.44. The Balaban J connectivity index is 2.41. The summed E-state index contributed by atoms with van der Waals surface area (Å²) in [6.07, 6.45) is 0.726. The van der Waals surface area contributed by atoms with Crippen LogP contribution in [0.15, 0.2) is 24.3 Å². The Bertz CT molecular complexity index is 530. The van der Waals surface area contributed by atoms with Gasteiger partial charge in [-0.05, 0) is 25.5 Å². The number of para-hydroxylation sites is 1. The van der Waals surface area contributed by atoms with Gasteiger partial charge in [0.1, 0.15) is 11.3 Å². The summed E-state index contributed by atoms with van der Waals surface area (Å²) in [5.41, 5.74) is -0.0469. The number of phenolic OH excluding ortho intramolecular Hbond substituents is 1. The van der Waals surface area contributed by atoms with Crippen LogP contribution in [0.1, 0.15) is 30.6 Å². The lowest BCUT2D eigenvalue weighted by molar-refractivity contribution is -0.123. The van der Waals surface area contributed by atoms with Crippen molar-refractivity contribution in [2.75, 3.05) is 6.61 Å². The van der Waals surface area contributed by atoms with Crippen LogP contribution in [0.5, 0.6) is 5.75 Å². The third-order valence-electron chi connectivity index (χ3n) is 2.70. The molecule has 3 N–H and O–H groups in total. The van der Waals surface area contributed by atoms with E-state index >= 15 is 0 Å². The number of hydrogen-bond donors (Lipinski definition) is 3. The largest absolute Gasteiger partial charge is 0.507 e. The van der Waals surface area contributed by atoms with Gasteiger partial charge in [0, 0.05) is 6.04 Å². The SMILES string of the molecule is CC[C@@H](C)NC(=O)NC(=O)COC(=O)c1ccccc1O. The Labute approximate surface area is 122 Å². The monoisotopic (exact) mass is 294 g/mol. The third-order valence-corrected chi connectivity index (χ3v) is 2.70. The zero-order valence-corrected chi connectivity index (χ0v) is 11.9. The fraction of sp³-hybridized carbons (Fsp3) is 0.357. The average molecular weight is 294 g/mol. The van der Waals surface area contributed by atoms with Crippen molar-refractivity contribution in [3.05, 3.63) is 29.8 Å². The second-order valence-corrected chi connectivity index (χ2v) is 4.42. The molecule has 1 rings (SSSR count). The number of esters is 1. The minimum absolute atomic E-state index is 0.0469. The Hall–Kier alpha value is -2.57. The zero-order chi connectivity index (χ0) is 15.8. The molecular formula is C14H18N2O5. The van der Waals surface area contributed by atoms with Gasteiger partial charge in [-0.2, -0.15) is 0 Å². The Morgan fingerprint density at radius 1 is 1.29 bits per heavy atom. The molecule has 21 heavy (non-hydrogen) atoms. The number of amides is 3. The van der Waals surface area contributed by atoms with Crippen LogP contribution in [-0.4, -0.2) is 35.7 Å². The summed E-state index contributed by atoms with van der Waals surface area (Å²) in [6, 6.07) is 5.09. The molecule has 0 saturated carbocycles. The molecule has 0 aliphatic heterocycles. The summed E-state index contributed by atoms with van der Waals surface area (Å²) in [6.45, 7) is 3.07. The molecule has 0 fully saturated rings. The third kappa shape index (κ3) is 5.52. The van der Waals surface area contributed by atoms with E-state index in [0.29, 0.717) is 0 Å². The number of carbonyl (C=O) groups is 3. The summed E-state index contributed by atoms with van der Waals surface area (Å²) in [5, 5.41) is 14.0. The van der Waals surface area contributed by atoms with E-state index in [9.17, 15) is 19.5 Å². The highest BCUT2D eigenvalue weighted by molar-refractivity contribution is 5.97. The topological polar surface area (TPSA) is 105 Å². The number of urea groups is 1. The number of hydrogen-bond acceptors (Lipinski definition) is 5. The highest BCUT2D eigenvalue weighted by atomic mass is 16.5. The molecule has 3 amide bonds. The van der Waals surface area contributed by atoms with Gasteiger partial charge in [-0.25, -0.2) is 9.59 Å². The highest BCUT2D eigenvalue weighted by Gasteiger charge is 2.15. The molecule has 0 saturated heterocycles. The minimum Gasteiger partial charge on any atom is -0.507 e. The second-order valence-electron chi connectivity index (χ2n) is 4.42. The summed E-state index contributed by atoms with van der Waals surface area (Å²) in [5.74, 6) is -1.83. The number of nitrogens with one attached hydrogen (secondary N) is 2. The maximum Gasteiger partial charge on any atom is 0.342 e. The predicted octanol–water partition coefficient (Wildman–Crippen LogP) is 1.17. The molecule has 0 spiro atoms. The average Bonchev–Trinajstić information content (AvgIpc) is 2.44. The van der Waals surface area contributed by atoms with Crippen LogP contribution in [0.3, 0.4) is 0 Å². The van der Waals surface area contributed by atoms with Crippen molar-refractivity contribution in [1.29, 1.82) is 0 Å². The Morgan fingerprint density at radius 2 is 1.95 bits per heavy atom. The van der Waals surface area contributed by atoms with Crippen LogP contribution in [0.2, 0.25) is 0 Å². The number of phenols is 1. The van der Waals surface area contributed by atoms with Crippen LogP contribution in [0.4, 0.5) is 4.79 Å². The molecule has 1 atom stereocenters. The van der Waals surface area contributed by atoms with Crippen molar-refractivity contribution in [3.63, 3.8) is 0 Å². The lowest BCUT2D eigenvalue weighted by atomic mass is 10.2. The highest BCUT2D eigenvalue weighted by Crippen LogP contribution is 2.16. The van der Waals surface area contributed by atoms with E-state index in [1.807, 2.05) is 12.2 Å². The summed E-state index contributed by atoms with van der Waals surface area (Å²) < 4.78 is 4.71. The number of ether oxygens (including phenoxy) is 1. The first-order valence-corrected chi connectivity index (χ1v) is 6.49. The van der Waals surface area contributed by atoms with Crippen LogP contribution >= 0.6 is 0 Å². The van der Waals surface area contributed by atoms with Gasteiger partial charge in [0.25, 0.3) is 5.91 Å². The summed E-state index contributed by atoms with van der Waals surface area (Å²) in [7, 11) is 0. The first-order valence-electron chi connectivity index (χ1n) is 6.49. The number of aromatic hydroxyl groups is 1. The molecule has 1 aromatic carbocycles.